The van der Waals surface area contributed by atoms with E-state index in [1.54, 1.807) is 4.90 Å². The average Bonchev–Trinajstić information content (AvgIpc) is 2.96. The highest BCUT2D eigenvalue weighted by atomic mass is 16.5. The lowest BCUT2D eigenvalue weighted by Gasteiger charge is -2.41. The number of hydrogen-bond donors (Lipinski definition) is 2. The van der Waals surface area contributed by atoms with Gasteiger partial charge in [-0.2, -0.15) is 0 Å². The molecule has 9 heteroatoms. The maximum atomic E-state index is 13.0. The molecule has 0 radical (unpaired) electrons. The van der Waals surface area contributed by atoms with E-state index in [1.165, 1.54) is 35.6 Å². The minimum absolute atomic E-state index is 0.0250. The van der Waals surface area contributed by atoms with E-state index in [4.69, 9.17) is 0 Å². The van der Waals surface area contributed by atoms with E-state index in [-0.39, 0.29) is 49.4 Å². The minimum Gasteiger partial charge on any atom is -0.466 e. The van der Waals surface area contributed by atoms with Crippen molar-refractivity contribution in [1.82, 2.24) is 20.4 Å². The fraction of sp³-hybridized carbons (Fsp3) is 0.467. The molecule has 0 bridgehead atoms. The molecule has 0 unspecified atom stereocenters. The molecule has 0 spiro atoms. The molecule has 9 nitrogen and oxygen atoms in total. The fourth-order valence-corrected chi connectivity index (χ4v) is 5.02. The molecule has 0 saturated carbocycles. The van der Waals surface area contributed by atoms with Gasteiger partial charge in [-0.25, -0.2) is 4.79 Å². The Morgan fingerprint density at radius 1 is 1.05 bits per heavy atom. The first-order valence-electron chi connectivity index (χ1n) is 13.6. The lowest BCUT2D eigenvalue weighted by atomic mass is 9.95. The van der Waals surface area contributed by atoms with Crippen molar-refractivity contribution in [2.24, 2.45) is 0 Å². The number of likely N-dealkylation sites (tertiary alicyclic amines) is 1. The maximum Gasteiger partial charge on any atom is 0.330 e. The summed E-state index contributed by atoms with van der Waals surface area (Å²) < 4.78 is 4.48. The van der Waals surface area contributed by atoms with E-state index in [2.05, 4.69) is 69.7 Å². The van der Waals surface area contributed by atoms with Crippen LogP contribution in [-0.2, 0) is 23.9 Å². The first-order valence-corrected chi connectivity index (χ1v) is 13.6. The molecule has 210 valence electrons. The summed E-state index contributed by atoms with van der Waals surface area (Å²) in [5.74, 6) is -1.31. The van der Waals surface area contributed by atoms with Crippen LogP contribution in [0.3, 0.4) is 0 Å². The van der Waals surface area contributed by atoms with Crippen LogP contribution in [0.25, 0.3) is 10.8 Å². The van der Waals surface area contributed by atoms with Gasteiger partial charge in [-0.3, -0.25) is 19.3 Å². The second kappa shape index (κ2) is 15.0. The Morgan fingerprint density at radius 2 is 1.77 bits per heavy atom. The van der Waals surface area contributed by atoms with E-state index >= 15 is 0 Å². The molecule has 1 saturated heterocycles. The highest BCUT2D eigenvalue weighted by Gasteiger charge is 2.31. The van der Waals surface area contributed by atoms with Gasteiger partial charge in [0.25, 0.3) is 0 Å². The van der Waals surface area contributed by atoms with Crippen LogP contribution in [0.15, 0.2) is 54.6 Å². The summed E-state index contributed by atoms with van der Waals surface area (Å²) in [7, 11) is 1.27. The van der Waals surface area contributed by atoms with E-state index in [0.29, 0.717) is 12.8 Å². The van der Waals surface area contributed by atoms with Crippen LogP contribution >= 0.6 is 0 Å². The second-order valence-corrected chi connectivity index (χ2v) is 9.79. The zero-order chi connectivity index (χ0) is 28.2. The Kier molecular flexibility index (Phi) is 11.5. The van der Waals surface area contributed by atoms with Gasteiger partial charge in [0.15, 0.2) is 0 Å². The molecule has 3 rings (SSSR count). The quantitative estimate of drug-likeness (QED) is 0.319. The molecule has 2 aromatic carbocycles. The zero-order valence-corrected chi connectivity index (χ0v) is 23.2. The molecule has 0 aromatic heterocycles. The standard InChI is InChI=1S/C30H40N4O5/c1-4-9-29(37)34(21-28(36)32-20-27(35)31-17-8-14-30(38)39-3)24-15-18-33(19-16-24)22(2)25-13-7-11-23-10-5-6-12-26(23)25/h5-8,10-14,22,24H,4,9,15-21H2,1-3H3,(H,31,35)(H,32,36)/b14-8+/t22-/m1/s1. The molecule has 3 amide bonds. The molecule has 1 atom stereocenters. The predicted molar refractivity (Wildman–Crippen MR) is 151 cm³/mol. The van der Waals surface area contributed by atoms with Crippen LogP contribution in [0.4, 0.5) is 0 Å². The van der Waals surface area contributed by atoms with Gasteiger partial charge in [-0.15, -0.1) is 0 Å². The Balaban J connectivity index is 1.54. The first-order chi connectivity index (χ1) is 18.8. The molecule has 1 fully saturated rings. The van der Waals surface area contributed by atoms with Crippen molar-refractivity contribution in [3.05, 3.63) is 60.2 Å². The number of carbonyl (C=O) groups is 4. The topological polar surface area (TPSA) is 108 Å². The minimum atomic E-state index is -0.511. The monoisotopic (exact) mass is 536 g/mol. The SMILES string of the molecule is CCCC(=O)N(CC(=O)NCC(=O)NC/C=C/C(=O)OC)C1CCN([C@H](C)c2cccc3ccccc23)CC1. The van der Waals surface area contributed by atoms with Crippen molar-refractivity contribution < 1.29 is 23.9 Å². The summed E-state index contributed by atoms with van der Waals surface area (Å²) in [6, 6.07) is 15.0. The van der Waals surface area contributed by atoms with Gasteiger partial charge >= 0.3 is 5.97 Å². The number of piperidine rings is 1. The van der Waals surface area contributed by atoms with Crippen LogP contribution in [0.2, 0.25) is 0 Å². The van der Waals surface area contributed by atoms with Crippen molar-refractivity contribution in [1.29, 1.82) is 0 Å². The molecular weight excluding hydrogens is 496 g/mol. The molecule has 39 heavy (non-hydrogen) atoms. The molecule has 1 aliphatic heterocycles. The summed E-state index contributed by atoms with van der Waals surface area (Å²) in [6.45, 7) is 5.69. The Hall–Kier alpha value is -3.72. The van der Waals surface area contributed by atoms with Crippen molar-refractivity contribution in [2.45, 2.75) is 51.6 Å². The zero-order valence-electron chi connectivity index (χ0n) is 23.2. The number of rotatable bonds is 12. The Morgan fingerprint density at radius 3 is 2.49 bits per heavy atom. The normalized spacial score (nSPS) is 15.2. The number of amides is 3. The number of nitrogens with one attached hydrogen (secondary N) is 2. The third-order valence-electron chi connectivity index (χ3n) is 7.18. The smallest absolute Gasteiger partial charge is 0.330 e. The fourth-order valence-electron chi connectivity index (χ4n) is 5.02. The van der Waals surface area contributed by atoms with Gasteiger partial charge in [0, 0.05) is 44.2 Å². The number of nitrogens with zero attached hydrogens (tertiary/aromatic N) is 2. The van der Waals surface area contributed by atoms with E-state index < -0.39 is 5.97 Å². The molecule has 1 heterocycles. The van der Waals surface area contributed by atoms with Gasteiger partial charge in [-0.05, 0) is 42.5 Å². The lowest BCUT2D eigenvalue weighted by Crippen LogP contribution is -2.51. The Labute approximate surface area is 230 Å². The summed E-state index contributed by atoms with van der Waals surface area (Å²) in [5, 5.41) is 7.67. The van der Waals surface area contributed by atoms with Gasteiger partial charge in [0.05, 0.1) is 20.2 Å². The molecule has 0 aliphatic carbocycles. The van der Waals surface area contributed by atoms with Crippen molar-refractivity contribution >= 4 is 34.5 Å². The van der Waals surface area contributed by atoms with Crippen LogP contribution in [-0.4, -0.2) is 79.4 Å². The van der Waals surface area contributed by atoms with Crippen LogP contribution in [0.5, 0.6) is 0 Å². The number of methoxy groups -OCH3 is 1. The van der Waals surface area contributed by atoms with Crippen LogP contribution in [0, 0.1) is 0 Å². The summed E-state index contributed by atoms with van der Waals surface area (Å²) in [5.41, 5.74) is 1.30. The number of hydrogen-bond acceptors (Lipinski definition) is 6. The molecule has 1 aliphatic rings. The summed E-state index contributed by atoms with van der Waals surface area (Å²) in [6.07, 6.45) is 5.33. The Bertz CT molecular complexity index is 1170. The number of esters is 1. The predicted octanol–water partition coefficient (Wildman–Crippen LogP) is 2.96. The highest BCUT2D eigenvalue weighted by Crippen LogP contribution is 2.31. The van der Waals surface area contributed by atoms with Gasteiger partial charge < -0.3 is 20.3 Å². The van der Waals surface area contributed by atoms with Crippen LogP contribution < -0.4 is 10.6 Å². The van der Waals surface area contributed by atoms with Crippen molar-refractivity contribution in [3.8, 4) is 0 Å². The summed E-state index contributed by atoms with van der Waals surface area (Å²) >= 11 is 0. The molecule has 2 aromatic rings. The molecular formula is C30H40N4O5. The number of fused-ring (bicyclic) bond motifs is 1. The highest BCUT2D eigenvalue weighted by molar-refractivity contribution is 5.89. The second-order valence-electron chi connectivity index (χ2n) is 9.79. The van der Waals surface area contributed by atoms with Gasteiger partial charge in [0.1, 0.15) is 0 Å². The van der Waals surface area contributed by atoms with E-state index in [0.717, 1.165) is 25.9 Å². The van der Waals surface area contributed by atoms with Gasteiger partial charge in [0.2, 0.25) is 17.7 Å². The first kappa shape index (κ1) is 29.8. The lowest BCUT2D eigenvalue weighted by molar-refractivity contribution is -0.139. The third kappa shape index (κ3) is 8.64. The number of carbonyl (C=O) groups excluding carboxylic acids is 4. The average molecular weight is 537 g/mol. The summed E-state index contributed by atoms with van der Waals surface area (Å²) in [4.78, 5) is 52.9. The third-order valence-corrected chi connectivity index (χ3v) is 7.18. The maximum absolute atomic E-state index is 13.0. The number of benzene rings is 2. The largest absolute Gasteiger partial charge is 0.466 e. The van der Waals surface area contributed by atoms with Crippen molar-refractivity contribution in [3.63, 3.8) is 0 Å². The van der Waals surface area contributed by atoms with E-state index in [9.17, 15) is 19.2 Å². The van der Waals surface area contributed by atoms with Crippen molar-refractivity contribution in [2.75, 3.05) is 39.8 Å². The van der Waals surface area contributed by atoms with Gasteiger partial charge in [-0.1, -0.05) is 55.5 Å². The van der Waals surface area contributed by atoms with Crippen LogP contribution in [0.1, 0.15) is 51.1 Å². The number of ether oxygens (including phenoxy) is 1. The van der Waals surface area contributed by atoms with E-state index in [1.807, 2.05) is 6.92 Å². The molecule has 2 N–H and O–H groups in total.